The molecule has 2 saturated heterocycles. The van der Waals surface area contributed by atoms with Crippen molar-refractivity contribution in [3.63, 3.8) is 0 Å². The van der Waals surface area contributed by atoms with Crippen molar-refractivity contribution in [2.45, 2.75) is 418 Å². The monoisotopic (exact) mass is 1660 g/mol. The van der Waals surface area contributed by atoms with Gasteiger partial charge in [0.15, 0.2) is 17.3 Å². The number of hydrogen-bond donors (Lipinski definition) is 4. The van der Waals surface area contributed by atoms with Gasteiger partial charge in [0, 0.05) is 52.9 Å². The molecule has 1 aromatic carbocycles. The summed E-state index contributed by atoms with van der Waals surface area (Å²) in [6.45, 7) is 9.56. The summed E-state index contributed by atoms with van der Waals surface area (Å²) in [4.78, 5) is 116. The van der Waals surface area contributed by atoms with Crippen molar-refractivity contribution in [3.8, 4) is 17.2 Å². The molecule has 0 amide bonds. The number of carbonyl (C=O) groups excluding carboxylic acids is 3. The average molecular weight is 1660 g/mol. The van der Waals surface area contributed by atoms with Gasteiger partial charge < -0.3 is 38.1 Å². The predicted molar refractivity (Wildman–Crippen MR) is 451 cm³/mol. The molecule has 5 rings (SSSR count). The smallest absolute Gasteiger partial charge is 0.490 e. The van der Waals surface area contributed by atoms with Gasteiger partial charge in [-0.25, -0.2) is 14.2 Å². The molecule has 27 heteroatoms. The number of ketones is 1. The van der Waals surface area contributed by atoms with E-state index in [1.54, 1.807) is 12.1 Å². The van der Waals surface area contributed by atoms with E-state index in [2.05, 4.69) is 30.7 Å². The lowest BCUT2D eigenvalue weighted by Crippen LogP contribution is -2.33. The number of phosphoric acid groups is 1. The molecule has 2 aliphatic rings. The zero-order valence-electron chi connectivity index (χ0n) is 71.1. The lowest BCUT2D eigenvalue weighted by Gasteiger charge is -2.23. The van der Waals surface area contributed by atoms with Crippen LogP contribution in [-0.2, 0) is 51.2 Å². The Balaban J connectivity index is 1.18. The van der Waals surface area contributed by atoms with Crippen LogP contribution < -0.4 is 36.7 Å². The lowest BCUT2D eigenvalue weighted by molar-refractivity contribution is -0.156. The van der Waals surface area contributed by atoms with E-state index in [0.717, 1.165) is 66.9 Å². The number of aromatic amines is 2. The van der Waals surface area contributed by atoms with Gasteiger partial charge in [-0.1, -0.05) is 310 Å². The number of rotatable bonds is 73. The third-order valence-corrected chi connectivity index (χ3v) is 23.4. The molecule has 0 radical (unpaired) electrons. The van der Waals surface area contributed by atoms with Crippen LogP contribution in [0.4, 0.5) is 0 Å². The molecule has 0 spiro atoms. The van der Waals surface area contributed by atoms with Crippen molar-refractivity contribution in [2.24, 2.45) is 0 Å². The van der Waals surface area contributed by atoms with Crippen LogP contribution in [0.5, 0.6) is 17.2 Å². The zero-order chi connectivity index (χ0) is 82.9. The third kappa shape index (κ3) is 44.0. The number of carbonyl (C=O) groups is 3. The summed E-state index contributed by atoms with van der Waals surface area (Å²) in [7, 11) is -8.33. The Morgan fingerprint density at radius 3 is 1.17 bits per heavy atom. The van der Waals surface area contributed by atoms with Crippen LogP contribution in [0.3, 0.4) is 0 Å². The number of H-pyrrole nitrogens is 2. The SMILES string of the molecule is CCCCCCCCCCCCCCCCCCOc1cc(C(=O)CCCOC(=O)CCC(=O)OC2C[C@H](n3cc(C)c(=O)[nH]c3=O)O[C@@H]2COP(=O)(O)OC2C[C@H](n3cc(C)c(=O)[nH]c3=O)O[C@@H]2CO[P+](=O)O)cc(OCCCCCCCCCCCCCCCCCC)c1OCCCCCCCCCCCCCCCCCC. The van der Waals surface area contributed by atoms with E-state index in [4.69, 9.17) is 46.7 Å². The fraction of sp³-hybridized carbons (Fsp3) is 0.807. The van der Waals surface area contributed by atoms with Gasteiger partial charge in [0.25, 0.3) is 11.1 Å². The van der Waals surface area contributed by atoms with Crippen molar-refractivity contribution in [3.05, 3.63) is 82.9 Å². The molecule has 4 N–H and O–H groups in total. The number of nitrogens with zero attached hydrogens (tertiary/aromatic N) is 2. The van der Waals surface area contributed by atoms with Crippen LogP contribution in [0.1, 0.15) is 401 Å². The van der Waals surface area contributed by atoms with Crippen LogP contribution in [-0.4, -0.2) is 111 Å². The molecule has 3 aromatic rings. The Morgan fingerprint density at radius 1 is 0.461 bits per heavy atom. The molecule has 0 bridgehead atoms. The van der Waals surface area contributed by atoms with Gasteiger partial charge in [-0.3, -0.25) is 52.1 Å². The molecule has 0 aliphatic carbocycles. The Labute approximate surface area is 687 Å². The first-order valence-corrected chi connectivity index (χ1v) is 47.8. The summed E-state index contributed by atoms with van der Waals surface area (Å²) in [5, 5.41) is 0. The van der Waals surface area contributed by atoms with Crippen LogP contribution in [0.25, 0.3) is 0 Å². The second-order valence-electron chi connectivity index (χ2n) is 32.2. The summed E-state index contributed by atoms with van der Waals surface area (Å²) in [6.07, 6.45) is 54.2. The van der Waals surface area contributed by atoms with Gasteiger partial charge in [0.05, 0.1) is 45.9 Å². The van der Waals surface area contributed by atoms with Crippen molar-refractivity contribution in [2.75, 3.05) is 39.6 Å². The summed E-state index contributed by atoms with van der Waals surface area (Å²) < 4.78 is 86.1. The molecule has 4 heterocycles. The van der Waals surface area contributed by atoms with Crippen molar-refractivity contribution in [1.82, 2.24) is 19.1 Å². The van der Waals surface area contributed by atoms with Crippen LogP contribution in [0, 0.1) is 13.8 Å². The molecule has 8 atom stereocenters. The van der Waals surface area contributed by atoms with E-state index in [1.165, 1.54) is 277 Å². The first kappa shape index (κ1) is 100. The number of aromatic nitrogens is 4. The summed E-state index contributed by atoms with van der Waals surface area (Å²) in [5.74, 6) is -0.350. The number of benzene rings is 1. The van der Waals surface area contributed by atoms with E-state index in [0.29, 0.717) is 42.6 Å². The Morgan fingerprint density at radius 2 is 0.800 bits per heavy atom. The van der Waals surface area contributed by atoms with Gasteiger partial charge in [-0.05, 0) is 51.7 Å². The third-order valence-electron chi connectivity index (χ3n) is 22.0. The molecule has 115 heavy (non-hydrogen) atoms. The fourth-order valence-electron chi connectivity index (χ4n) is 15.0. The topological polar surface area (TPSA) is 328 Å². The zero-order valence-corrected chi connectivity index (χ0v) is 72.9. The van der Waals surface area contributed by atoms with Gasteiger partial charge in [-0.2, -0.15) is 0 Å². The fourth-order valence-corrected chi connectivity index (χ4v) is 16.3. The Hall–Kier alpha value is -5.36. The second kappa shape index (κ2) is 61.9. The highest BCUT2D eigenvalue weighted by molar-refractivity contribution is 7.47. The molecule has 0 saturated carbocycles. The number of esters is 2. The van der Waals surface area contributed by atoms with E-state index in [9.17, 15) is 52.5 Å². The number of aryl methyl sites for hydroxylation is 2. The lowest BCUT2D eigenvalue weighted by atomic mass is 10.0. The minimum atomic E-state index is -5.17. The molecule has 4 unspecified atom stereocenters. The van der Waals surface area contributed by atoms with Crippen LogP contribution in [0.15, 0.2) is 43.7 Å². The van der Waals surface area contributed by atoms with E-state index >= 15 is 0 Å². The maximum absolute atomic E-state index is 14.3. The van der Waals surface area contributed by atoms with Gasteiger partial charge in [-0.15, -0.1) is 9.42 Å². The maximum atomic E-state index is 14.3. The van der Waals surface area contributed by atoms with Crippen molar-refractivity contribution < 1.29 is 80.0 Å². The quantitative estimate of drug-likeness (QED) is 0.0176. The summed E-state index contributed by atoms with van der Waals surface area (Å²) in [6, 6.07) is 3.54. The molecule has 2 aromatic heterocycles. The Bertz CT molecular complexity index is 3390. The number of phosphoric ester groups is 1. The van der Waals surface area contributed by atoms with Gasteiger partial charge in [0.2, 0.25) is 5.75 Å². The molecule has 2 fully saturated rings. The highest BCUT2D eigenvalue weighted by atomic mass is 31.2. The minimum Gasteiger partial charge on any atom is -0.490 e. The standard InChI is InChI=1S/C88H148N4O21P2/c1-6-9-12-15-18-21-24-27-30-33-36-39-42-45-48-51-58-104-76-62-72(63-77(105-59-52-49-46-43-40-37-34-31-28-25-22-19-16-13-10-7-2)84(76)107-60-53-50-47-44-41-38-35-32-29-26-23-20-17-14-11-8-3)73(93)55-54-61-106-82(94)56-57-83(95)112-74-64-80(91-66-70(4)85(96)89-87(91)98)111-79(74)69-109-115(102,103)113-75-65-81(110-78(75)68-108-114(100)101)92-67-71(5)86(97)90-88(92)99/h62-63,66-67,74-75,78-81H,6-61,64-65,68-69H2,1-5H3,(H3-,89,90,96,97,98,99,100,101,102,103)/p+1/t74?,75?,78-,79-,80-,81-/m1/s1. The minimum absolute atomic E-state index is 0.0237. The van der Waals surface area contributed by atoms with E-state index in [-0.39, 0.29) is 49.2 Å². The highest BCUT2D eigenvalue weighted by Gasteiger charge is 2.46. The number of nitrogens with one attached hydrogen (secondary N) is 2. The summed E-state index contributed by atoms with van der Waals surface area (Å²) >= 11 is 0. The maximum Gasteiger partial charge on any atom is 0.694 e. The molecular formula is C88H149N4O21P2+. The summed E-state index contributed by atoms with van der Waals surface area (Å²) in [5.41, 5.74) is -2.34. The molecule has 25 nitrogen and oxygen atoms in total. The van der Waals surface area contributed by atoms with Crippen LogP contribution >= 0.6 is 16.1 Å². The molecule has 2 aliphatic heterocycles. The van der Waals surface area contributed by atoms with Crippen LogP contribution in [0.2, 0.25) is 0 Å². The highest BCUT2D eigenvalue weighted by Crippen LogP contribution is 2.50. The largest absolute Gasteiger partial charge is 0.694 e. The predicted octanol–water partition coefficient (Wildman–Crippen LogP) is 21.3. The van der Waals surface area contributed by atoms with Crippen molar-refractivity contribution >= 4 is 33.8 Å². The Kier molecular flexibility index (Phi) is 53.9. The number of hydrogen-bond acceptors (Lipinski definition) is 19. The van der Waals surface area contributed by atoms with E-state index in [1.807, 2.05) is 0 Å². The first-order valence-electron chi connectivity index (χ1n) is 45.2. The second-order valence-corrected chi connectivity index (χ2v) is 34.3. The number of Topliss-reactive ketones (excluding diaryl/α,β-unsaturated/α-hetero) is 1. The number of unbranched alkanes of at least 4 members (excludes halogenated alkanes) is 45. The average Bonchev–Trinajstić information content (AvgIpc) is 1.63. The first-order chi connectivity index (χ1) is 55.8. The van der Waals surface area contributed by atoms with E-state index < -0.39 is 113 Å². The van der Waals surface area contributed by atoms with Gasteiger partial charge in [0.1, 0.15) is 43.5 Å². The van der Waals surface area contributed by atoms with Gasteiger partial charge >= 0.3 is 39.4 Å². The molecular weight excluding hydrogens is 1510 g/mol. The number of ether oxygens (including phenoxy) is 7. The van der Waals surface area contributed by atoms with Crippen molar-refractivity contribution in [1.29, 1.82) is 0 Å². The normalized spacial score (nSPS) is 17.4. The molecule has 656 valence electrons.